The van der Waals surface area contributed by atoms with E-state index in [0.29, 0.717) is 10.0 Å². The third kappa shape index (κ3) is 2.95. The normalized spacial score (nSPS) is 12.3. The Morgan fingerprint density at radius 1 is 1.00 bits per heavy atom. The quantitative estimate of drug-likeness (QED) is 0.785. The molecule has 0 radical (unpaired) electrons. The van der Waals surface area contributed by atoms with Crippen molar-refractivity contribution in [3.8, 4) is 5.69 Å². The number of hydrogen-bond donors (Lipinski definition) is 1. The predicted molar refractivity (Wildman–Crippen MR) is 86.1 cm³/mol. The van der Waals surface area contributed by atoms with Gasteiger partial charge < -0.3 is 5.73 Å². The van der Waals surface area contributed by atoms with Gasteiger partial charge in [-0.3, -0.25) is 0 Å². The maximum atomic E-state index is 6.26. The lowest BCUT2D eigenvalue weighted by molar-refractivity contribution is 0.773. The minimum Gasteiger partial charge on any atom is -0.319 e. The van der Waals surface area contributed by atoms with Crippen LogP contribution in [0.2, 0.25) is 10.0 Å². The number of nitrogens with zero attached hydrogens (tertiary/aromatic N) is 2. The molecule has 0 spiro atoms. The number of benzene rings is 2. The maximum Gasteiger partial charge on any atom is 0.0842 e. The van der Waals surface area contributed by atoms with Gasteiger partial charge in [0.05, 0.1) is 17.4 Å². The zero-order valence-electron chi connectivity index (χ0n) is 11.1. The van der Waals surface area contributed by atoms with Crippen LogP contribution in [0, 0.1) is 0 Å². The Morgan fingerprint density at radius 2 is 1.76 bits per heavy atom. The summed E-state index contributed by atoms with van der Waals surface area (Å²) in [5, 5.41) is 5.71. The Balaban J connectivity index is 1.94. The van der Waals surface area contributed by atoms with Crippen LogP contribution in [-0.2, 0) is 0 Å². The highest BCUT2D eigenvalue weighted by molar-refractivity contribution is 6.33. The molecule has 1 aromatic heterocycles. The Bertz CT molecular complexity index is 753. The Morgan fingerprint density at radius 3 is 2.52 bits per heavy atom. The summed E-state index contributed by atoms with van der Waals surface area (Å²) in [6.45, 7) is 0. The Labute approximate surface area is 132 Å². The van der Waals surface area contributed by atoms with Crippen LogP contribution in [0.4, 0.5) is 0 Å². The van der Waals surface area contributed by atoms with Crippen molar-refractivity contribution in [2.45, 2.75) is 6.04 Å². The van der Waals surface area contributed by atoms with Crippen molar-refractivity contribution >= 4 is 23.2 Å². The summed E-state index contributed by atoms with van der Waals surface area (Å²) in [5.74, 6) is 0. The second-order valence-corrected chi connectivity index (χ2v) is 5.51. The van der Waals surface area contributed by atoms with Gasteiger partial charge >= 0.3 is 0 Å². The molecule has 106 valence electrons. The summed E-state index contributed by atoms with van der Waals surface area (Å²) in [6, 6.07) is 16.6. The zero-order chi connectivity index (χ0) is 14.8. The first-order valence-corrected chi connectivity index (χ1v) is 7.22. The Kier molecular flexibility index (Phi) is 3.97. The number of halogens is 2. The molecule has 0 fully saturated rings. The lowest BCUT2D eigenvalue weighted by Gasteiger charge is -2.11. The van der Waals surface area contributed by atoms with Crippen LogP contribution >= 0.6 is 23.2 Å². The third-order valence-electron chi connectivity index (χ3n) is 3.24. The number of rotatable bonds is 3. The Hall–Kier alpha value is -1.81. The fraction of sp³-hybridized carbons (Fsp3) is 0.0625. The van der Waals surface area contributed by atoms with E-state index in [4.69, 9.17) is 28.9 Å². The predicted octanol–water partition coefficient (Wildman–Crippen LogP) is 4.23. The molecule has 2 N–H and O–H groups in total. The molecule has 0 aliphatic heterocycles. The highest BCUT2D eigenvalue weighted by atomic mass is 35.5. The molecular weight excluding hydrogens is 305 g/mol. The number of aromatic nitrogens is 2. The van der Waals surface area contributed by atoms with Gasteiger partial charge in [-0.15, -0.1) is 0 Å². The average molecular weight is 318 g/mol. The average Bonchev–Trinajstić information content (AvgIpc) is 3.00. The van der Waals surface area contributed by atoms with E-state index in [9.17, 15) is 0 Å². The first-order chi connectivity index (χ1) is 10.1. The fourth-order valence-corrected chi connectivity index (χ4v) is 2.56. The van der Waals surface area contributed by atoms with E-state index in [1.165, 1.54) is 0 Å². The molecule has 0 bridgehead atoms. The summed E-state index contributed by atoms with van der Waals surface area (Å²) in [4.78, 5) is 0. The molecular formula is C16H13Cl2N3. The highest BCUT2D eigenvalue weighted by Gasteiger charge is 2.16. The minimum atomic E-state index is -0.416. The van der Waals surface area contributed by atoms with Crippen LogP contribution < -0.4 is 5.73 Å². The van der Waals surface area contributed by atoms with Gasteiger partial charge in [-0.1, -0.05) is 41.4 Å². The van der Waals surface area contributed by atoms with Crippen molar-refractivity contribution in [3.05, 3.63) is 82.1 Å². The molecule has 0 aliphatic carbocycles. The lowest BCUT2D eigenvalue weighted by atomic mass is 10.1. The molecule has 0 saturated heterocycles. The molecule has 21 heavy (non-hydrogen) atoms. The van der Waals surface area contributed by atoms with Gasteiger partial charge in [0.2, 0.25) is 0 Å². The van der Waals surface area contributed by atoms with Crippen molar-refractivity contribution in [1.29, 1.82) is 0 Å². The van der Waals surface area contributed by atoms with E-state index < -0.39 is 6.04 Å². The maximum absolute atomic E-state index is 6.26. The number of nitrogens with two attached hydrogens (primary N) is 1. The molecule has 1 heterocycles. The molecule has 3 nitrogen and oxygen atoms in total. The molecule has 1 atom stereocenters. The molecule has 1 unspecified atom stereocenters. The lowest BCUT2D eigenvalue weighted by Crippen LogP contribution is -2.13. The molecule has 2 aromatic carbocycles. The summed E-state index contributed by atoms with van der Waals surface area (Å²) < 4.78 is 1.79. The largest absolute Gasteiger partial charge is 0.319 e. The smallest absolute Gasteiger partial charge is 0.0842 e. The van der Waals surface area contributed by atoms with E-state index in [2.05, 4.69) is 5.10 Å². The second kappa shape index (κ2) is 5.90. The molecule has 3 aromatic rings. The second-order valence-electron chi connectivity index (χ2n) is 4.66. The minimum absolute atomic E-state index is 0.416. The fourth-order valence-electron chi connectivity index (χ4n) is 2.14. The van der Waals surface area contributed by atoms with Crippen LogP contribution in [-0.4, -0.2) is 9.78 Å². The summed E-state index contributed by atoms with van der Waals surface area (Å²) >= 11 is 12.2. The molecule has 0 saturated carbocycles. The van der Waals surface area contributed by atoms with Gasteiger partial charge in [-0.25, -0.2) is 4.68 Å². The topological polar surface area (TPSA) is 43.8 Å². The van der Waals surface area contributed by atoms with E-state index in [-0.39, 0.29) is 0 Å². The van der Waals surface area contributed by atoms with Gasteiger partial charge in [-0.2, -0.15) is 5.10 Å². The monoisotopic (exact) mass is 317 g/mol. The van der Waals surface area contributed by atoms with Crippen LogP contribution in [0.1, 0.15) is 17.3 Å². The van der Waals surface area contributed by atoms with Crippen molar-refractivity contribution in [2.75, 3.05) is 0 Å². The summed E-state index contributed by atoms with van der Waals surface area (Å²) in [5.41, 5.74) is 8.74. The summed E-state index contributed by atoms with van der Waals surface area (Å²) in [7, 11) is 0. The highest BCUT2D eigenvalue weighted by Crippen LogP contribution is 2.28. The van der Waals surface area contributed by atoms with Gasteiger partial charge in [-0.05, 0) is 42.0 Å². The van der Waals surface area contributed by atoms with Crippen LogP contribution in [0.25, 0.3) is 5.69 Å². The SMILES string of the molecule is NC(c1ccn(-c2ccccc2)n1)c1cc(Cl)ccc1Cl. The van der Waals surface area contributed by atoms with Crippen molar-refractivity contribution in [1.82, 2.24) is 9.78 Å². The molecule has 0 amide bonds. The number of para-hydroxylation sites is 1. The van der Waals surface area contributed by atoms with Crippen LogP contribution in [0.3, 0.4) is 0 Å². The van der Waals surface area contributed by atoms with Crippen molar-refractivity contribution in [3.63, 3.8) is 0 Å². The van der Waals surface area contributed by atoms with Gasteiger partial charge in [0.15, 0.2) is 0 Å². The van der Waals surface area contributed by atoms with Gasteiger partial charge in [0, 0.05) is 16.2 Å². The van der Waals surface area contributed by atoms with E-state index >= 15 is 0 Å². The standard InChI is InChI=1S/C16H13Cl2N3/c17-11-6-7-14(18)13(10-11)16(19)15-8-9-21(20-15)12-4-2-1-3-5-12/h1-10,16H,19H2. The van der Waals surface area contributed by atoms with E-state index in [1.807, 2.05) is 42.6 Å². The van der Waals surface area contributed by atoms with E-state index in [1.54, 1.807) is 22.9 Å². The third-order valence-corrected chi connectivity index (χ3v) is 3.82. The van der Waals surface area contributed by atoms with E-state index in [0.717, 1.165) is 16.9 Å². The first kappa shape index (κ1) is 14.1. The molecule has 3 rings (SSSR count). The molecule has 0 aliphatic rings. The number of hydrogen-bond acceptors (Lipinski definition) is 2. The van der Waals surface area contributed by atoms with Gasteiger partial charge in [0.25, 0.3) is 0 Å². The van der Waals surface area contributed by atoms with Crippen molar-refractivity contribution < 1.29 is 0 Å². The first-order valence-electron chi connectivity index (χ1n) is 6.46. The van der Waals surface area contributed by atoms with Crippen molar-refractivity contribution in [2.24, 2.45) is 5.73 Å². The van der Waals surface area contributed by atoms with Crippen LogP contribution in [0.15, 0.2) is 60.8 Å². The molecule has 5 heteroatoms. The summed E-state index contributed by atoms with van der Waals surface area (Å²) in [6.07, 6.45) is 1.88. The van der Waals surface area contributed by atoms with Gasteiger partial charge in [0.1, 0.15) is 0 Å². The van der Waals surface area contributed by atoms with Crippen LogP contribution in [0.5, 0.6) is 0 Å². The zero-order valence-corrected chi connectivity index (χ0v) is 12.6.